The fourth-order valence-electron chi connectivity index (χ4n) is 2.56. The van der Waals surface area contributed by atoms with Crippen molar-refractivity contribution in [2.75, 3.05) is 32.7 Å². The molecule has 9 nitrogen and oxygen atoms in total. The third-order valence-corrected chi connectivity index (χ3v) is 4.00. The number of hydrogen-bond acceptors (Lipinski definition) is 6. The van der Waals surface area contributed by atoms with Crippen LogP contribution in [0.25, 0.3) is 0 Å². The summed E-state index contributed by atoms with van der Waals surface area (Å²) < 4.78 is 5.34. The van der Waals surface area contributed by atoms with Crippen LogP contribution in [-0.2, 0) is 14.3 Å². The number of nitrogens with zero attached hydrogens (tertiary/aromatic N) is 3. The van der Waals surface area contributed by atoms with E-state index in [1.165, 1.54) is 6.20 Å². The van der Waals surface area contributed by atoms with Crippen molar-refractivity contribution in [3.05, 3.63) is 11.8 Å². The Hall–Kier alpha value is -2.76. The number of ether oxygens (including phenoxy) is 1. The van der Waals surface area contributed by atoms with E-state index in [0.29, 0.717) is 52.0 Å². The van der Waals surface area contributed by atoms with Crippen LogP contribution in [0.5, 0.6) is 0 Å². The van der Waals surface area contributed by atoms with Gasteiger partial charge in [0, 0.05) is 45.3 Å². The van der Waals surface area contributed by atoms with E-state index in [0.717, 1.165) is 0 Å². The van der Waals surface area contributed by atoms with Crippen LogP contribution in [0.4, 0.5) is 4.79 Å². The first-order valence-electron chi connectivity index (χ1n) is 9.46. The van der Waals surface area contributed by atoms with Gasteiger partial charge in [0.25, 0.3) is 5.91 Å². The number of amides is 2. The summed E-state index contributed by atoms with van der Waals surface area (Å²) in [5.74, 6) is -1.28. The van der Waals surface area contributed by atoms with Gasteiger partial charge in [-0.15, -0.1) is 0 Å². The van der Waals surface area contributed by atoms with Crippen LogP contribution in [0.2, 0.25) is 0 Å². The van der Waals surface area contributed by atoms with Gasteiger partial charge in [0.15, 0.2) is 0 Å². The van der Waals surface area contributed by atoms with Crippen LogP contribution < -0.4 is 5.32 Å². The number of carbonyl (C=O) groups excluding carboxylic acids is 2. The Kier molecular flexibility index (Phi) is 9.28. The maximum absolute atomic E-state index is 12.1. The van der Waals surface area contributed by atoms with Gasteiger partial charge in [-0.2, -0.15) is 5.26 Å². The first-order valence-corrected chi connectivity index (χ1v) is 9.46. The number of nitriles is 1. The standard InChI is InChI=1S/C19H30N4O5/c1-19(2,3)28-18(27)23-11-9-22(10-12-23)14-15(13-20)17(26)21-8-6-4-5-7-16(24)25/h14H,4-12H2,1-3H3,(H,21,26)(H,24,25)/b15-14-. The second kappa shape index (κ2) is 11.2. The molecule has 28 heavy (non-hydrogen) atoms. The summed E-state index contributed by atoms with van der Waals surface area (Å²) in [5.41, 5.74) is -0.537. The first-order chi connectivity index (χ1) is 13.1. The lowest BCUT2D eigenvalue weighted by molar-refractivity contribution is -0.137. The van der Waals surface area contributed by atoms with E-state index in [1.54, 1.807) is 4.90 Å². The van der Waals surface area contributed by atoms with Gasteiger partial charge in [0.05, 0.1) is 0 Å². The highest BCUT2D eigenvalue weighted by Gasteiger charge is 2.25. The van der Waals surface area contributed by atoms with Crippen molar-refractivity contribution in [2.45, 2.75) is 52.1 Å². The number of piperazine rings is 1. The topological polar surface area (TPSA) is 123 Å². The lowest BCUT2D eigenvalue weighted by Crippen LogP contribution is -2.48. The zero-order valence-electron chi connectivity index (χ0n) is 16.9. The van der Waals surface area contributed by atoms with Gasteiger partial charge in [-0.1, -0.05) is 6.42 Å². The molecule has 0 spiro atoms. The number of nitrogens with one attached hydrogen (secondary N) is 1. The van der Waals surface area contributed by atoms with Gasteiger partial charge >= 0.3 is 12.1 Å². The number of aliphatic carboxylic acids is 1. The fourth-order valence-corrected chi connectivity index (χ4v) is 2.56. The molecule has 0 aromatic heterocycles. The molecule has 1 fully saturated rings. The van der Waals surface area contributed by atoms with Crippen molar-refractivity contribution in [2.24, 2.45) is 0 Å². The predicted octanol–water partition coefficient (Wildman–Crippen LogP) is 1.71. The average Bonchev–Trinajstić information content (AvgIpc) is 2.61. The van der Waals surface area contributed by atoms with E-state index >= 15 is 0 Å². The summed E-state index contributed by atoms with van der Waals surface area (Å²) in [5, 5.41) is 20.5. The molecule has 0 radical (unpaired) electrons. The molecule has 1 aliphatic heterocycles. The highest BCUT2D eigenvalue weighted by Crippen LogP contribution is 2.12. The van der Waals surface area contributed by atoms with Crippen LogP contribution >= 0.6 is 0 Å². The number of carboxylic acids is 1. The summed E-state index contributed by atoms with van der Waals surface area (Å²) in [7, 11) is 0. The van der Waals surface area contributed by atoms with Gasteiger partial charge in [-0.3, -0.25) is 9.59 Å². The van der Waals surface area contributed by atoms with Gasteiger partial charge in [0.2, 0.25) is 0 Å². The van der Waals surface area contributed by atoms with Crippen LogP contribution in [-0.4, -0.2) is 71.2 Å². The molecule has 0 aromatic rings. The van der Waals surface area contributed by atoms with E-state index in [1.807, 2.05) is 31.7 Å². The van der Waals surface area contributed by atoms with E-state index in [2.05, 4.69) is 5.32 Å². The Labute approximate surface area is 165 Å². The quantitative estimate of drug-likeness (QED) is 0.365. The van der Waals surface area contributed by atoms with Gasteiger partial charge in [0.1, 0.15) is 17.2 Å². The summed E-state index contributed by atoms with van der Waals surface area (Å²) in [6, 6.07) is 1.91. The summed E-state index contributed by atoms with van der Waals surface area (Å²) >= 11 is 0. The Morgan fingerprint density at radius 2 is 1.79 bits per heavy atom. The van der Waals surface area contributed by atoms with Crippen LogP contribution in [0, 0.1) is 11.3 Å². The SMILES string of the molecule is CC(C)(C)OC(=O)N1CCN(/C=C(/C#N)C(=O)NCCCCCC(=O)O)CC1. The van der Waals surface area contributed by atoms with E-state index < -0.39 is 17.5 Å². The third-order valence-electron chi connectivity index (χ3n) is 4.00. The zero-order chi connectivity index (χ0) is 21.2. The van der Waals surface area contributed by atoms with Crippen LogP contribution in [0.1, 0.15) is 46.5 Å². The second-order valence-corrected chi connectivity index (χ2v) is 7.62. The van der Waals surface area contributed by atoms with Crippen molar-refractivity contribution < 1.29 is 24.2 Å². The lowest BCUT2D eigenvalue weighted by atomic mass is 10.2. The molecule has 156 valence electrons. The monoisotopic (exact) mass is 394 g/mol. The molecular weight excluding hydrogens is 364 g/mol. The molecule has 1 heterocycles. The number of unbranched alkanes of at least 4 members (excludes halogenated alkanes) is 2. The van der Waals surface area contributed by atoms with Crippen molar-refractivity contribution >= 4 is 18.0 Å². The Bertz CT molecular complexity index is 625. The summed E-state index contributed by atoms with van der Waals surface area (Å²) in [6.45, 7) is 7.75. The van der Waals surface area contributed by atoms with E-state index in [9.17, 15) is 19.6 Å². The smallest absolute Gasteiger partial charge is 0.410 e. The van der Waals surface area contributed by atoms with Crippen LogP contribution in [0.3, 0.4) is 0 Å². The molecule has 0 atom stereocenters. The summed E-state index contributed by atoms with van der Waals surface area (Å²) in [4.78, 5) is 38.0. The Morgan fingerprint density at radius 3 is 2.32 bits per heavy atom. The maximum Gasteiger partial charge on any atom is 0.410 e. The average molecular weight is 394 g/mol. The third kappa shape index (κ3) is 9.26. The minimum atomic E-state index is -0.828. The normalized spacial score (nSPS) is 15.0. The van der Waals surface area contributed by atoms with Crippen LogP contribution in [0.15, 0.2) is 11.8 Å². The van der Waals surface area contributed by atoms with Crippen molar-refractivity contribution in [3.63, 3.8) is 0 Å². The first kappa shape index (κ1) is 23.3. The molecular formula is C19H30N4O5. The second-order valence-electron chi connectivity index (χ2n) is 7.62. The molecule has 0 aliphatic carbocycles. The highest BCUT2D eigenvalue weighted by molar-refractivity contribution is 5.97. The van der Waals surface area contributed by atoms with Crippen molar-refractivity contribution in [3.8, 4) is 6.07 Å². The molecule has 0 unspecified atom stereocenters. The fraction of sp³-hybridized carbons (Fsp3) is 0.684. The zero-order valence-corrected chi connectivity index (χ0v) is 16.9. The number of carbonyl (C=O) groups is 3. The summed E-state index contributed by atoms with van der Waals surface area (Å²) in [6.07, 6.45) is 3.20. The molecule has 2 amide bonds. The minimum absolute atomic E-state index is 0.0104. The van der Waals surface area contributed by atoms with E-state index in [-0.39, 0.29) is 18.1 Å². The maximum atomic E-state index is 12.1. The minimum Gasteiger partial charge on any atom is -0.481 e. The molecule has 1 saturated heterocycles. The molecule has 0 bridgehead atoms. The number of hydrogen-bond donors (Lipinski definition) is 2. The molecule has 2 N–H and O–H groups in total. The van der Waals surface area contributed by atoms with Crippen molar-refractivity contribution in [1.82, 2.24) is 15.1 Å². The molecule has 0 aromatic carbocycles. The molecule has 1 aliphatic rings. The lowest BCUT2D eigenvalue weighted by Gasteiger charge is -2.35. The Balaban J connectivity index is 2.40. The number of rotatable bonds is 8. The van der Waals surface area contributed by atoms with Gasteiger partial charge in [-0.25, -0.2) is 4.79 Å². The van der Waals surface area contributed by atoms with Gasteiger partial charge in [-0.05, 0) is 33.6 Å². The molecule has 1 rings (SSSR count). The number of carboxylic acid groups (broad SMARTS) is 1. The predicted molar refractivity (Wildman–Crippen MR) is 102 cm³/mol. The molecule has 0 saturated carbocycles. The van der Waals surface area contributed by atoms with E-state index in [4.69, 9.17) is 9.84 Å². The van der Waals surface area contributed by atoms with Crippen molar-refractivity contribution in [1.29, 1.82) is 5.26 Å². The highest BCUT2D eigenvalue weighted by atomic mass is 16.6. The molecule has 9 heteroatoms. The largest absolute Gasteiger partial charge is 0.481 e. The van der Waals surface area contributed by atoms with Gasteiger partial charge < -0.3 is 25.0 Å². The Morgan fingerprint density at radius 1 is 1.14 bits per heavy atom.